The minimum absolute atomic E-state index is 0.430. The number of nitrogens with one attached hydrogen (secondary N) is 1. The van der Waals surface area contributed by atoms with Crippen molar-refractivity contribution in [2.75, 3.05) is 18.4 Å². The highest BCUT2D eigenvalue weighted by molar-refractivity contribution is 7.09. The Kier molecular flexibility index (Phi) is 4.89. The monoisotopic (exact) mass is 353 g/mol. The first kappa shape index (κ1) is 16.0. The van der Waals surface area contributed by atoms with E-state index in [1.54, 1.807) is 36.1 Å². The largest absolute Gasteiger partial charge is 0.322 e. The molecule has 0 unspecified atom stereocenters. The predicted molar refractivity (Wildman–Crippen MR) is 96.7 cm³/mol. The van der Waals surface area contributed by atoms with Crippen molar-refractivity contribution in [1.29, 1.82) is 0 Å². The Hall–Kier alpha value is -2.45. The van der Waals surface area contributed by atoms with Gasteiger partial charge in [0.05, 0.1) is 29.8 Å². The maximum Gasteiger partial charge on any atom is 0.150 e. The van der Waals surface area contributed by atoms with Crippen molar-refractivity contribution in [2.45, 2.75) is 25.3 Å². The molecule has 1 saturated heterocycles. The molecular weight excluding hydrogens is 334 g/mol. The standard InChI is InChI=1S/C17H19N7S/c1-2-13(10-24(5-1)11-14-6-19-12-25-14)15-7-22-17(9-21-15)23-16-8-18-3-4-20-16/h3-4,6-9,12-13H,1-2,5,10-11H2,(H,20,22,23)/t13-/m1/s1. The van der Waals surface area contributed by atoms with Crippen LogP contribution >= 0.6 is 11.3 Å². The zero-order valence-electron chi connectivity index (χ0n) is 13.7. The van der Waals surface area contributed by atoms with E-state index in [2.05, 4.69) is 35.1 Å². The van der Waals surface area contributed by atoms with Gasteiger partial charge >= 0.3 is 0 Å². The molecule has 0 saturated carbocycles. The van der Waals surface area contributed by atoms with Crippen LogP contribution in [0.4, 0.5) is 11.6 Å². The molecular formula is C17H19N7S. The first-order valence-electron chi connectivity index (χ1n) is 8.31. The van der Waals surface area contributed by atoms with Gasteiger partial charge in [0.1, 0.15) is 11.6 Å². The van der Waals surface area contributed by atoms with E-state index >= 15 is 0 Å². The fourth-order valence-electron chi connectivity index (χ4n) is 3.09. The lowest BCUT2D eigenvalue weighted by molar-refractivity contribution is 0.200. The summed E-state index contributed by atoms with van der Waals surface area (Å²) in [4.78, 5) is 25.3. The highest BCUT2D eigenvalue weighted by atomic mass is 32.1. The van der Waals surface area contributed by atoms with E-state index in [0.29, 0.717) is 17.6 Å². The van der Waals surface area contributed by atoms with Gasteiger partial charge < -0.3 is 5.32 Å². The first-order chi connectivity index (χ1) is 12.4. The molecule has 0 aliphatic carbocycles. The maximum atomic E-state index is 4.62. The molecule has 1 N–H and O–H groups in total. The molecule has 0 radical (unpaired) electrons. The highest BCUT2D eigenvalue weighted by Gasteiger charge is 2.23. The van der Waals surface area contributed by atoms with Crippen LogP contribution in [0.15, 0.2) is 42.7 Å². The van der Waals surface area contributed by atoms with E-state index in [9.17, 15) is 0 Å². The van der Waals surface area contributed by atoms with Gasteiger partial charge in [-0.15, -0.1) is 11.3 Å². The Balaban J connectivity index is 1.39. The van der Waals surface area contributed by atoms with E-state index < -0.39 is 0 Å². The molecule has 4 rings (SSSR count). The summed E-state index contributed by atoms with van der Waals surface area (Å²) in [5, 5.41) is 3.11. The number of anilines is 2. The Morgan fingerprint density at radius 2 is 2.00 bits per heavy atom. The molecule has 7 nitrogen and oxygen atoms in total. The normalized spacial score (nSPS) is 18.2. The van der Waals surface area contributed by atoms with E-state index in [4.69, 9.17) is 0 Å². The van der Waals surface area contributed by atoms with Gasteiger partial charge in [-0.2, -0.15) is 0 Å². The molecule has 0 aromatic carbocycles. The SMILES string of the molecule is c1cnc(Nc2cnc([C@@H]3CCCN(Cc4cncs4)C3)cn2)cn1. The van der Waals surface area contributed by atoms with Gasteiger partial charge in [0.25, 0.3) is 0 Å². The third kappa shape index (κ3) is 4.15. The minimum atomic E-state index is 0.430. The second-order valence-electron chi connectivity index (χ2n) is 6.08. The summed E-state index contributed by atoms with van der Waals surface area (Å²) in [6.07, 6.45) is 12.9. The van der Waals surface area contributed by atoms with Gasteiger partial charge in [-0.25, -0.2) is 9.97 Å². The summed E-state index contributed by atoms with van der Waals surface area (Å²) >= 11 is 1.72. The second kappa shape index (κ2) is 7.62. The van der Waals surface area contributed by atoms with Crippen LogP contribution in [0.2, 0.25) is 0 Å². The molecule has 3 aromatic rings. The number of nitrogens with zero attached hydrogens (tertiary/aromatic N) is 6. The van der Waals surface area contributed by atoms with Crippen LogP contribution in [0.25, 0.3) is 0 Å². The summed E-state index contributed by atoms with van der Waals surface area (Å²) in [7, 11) is 0. The molecule has 0 spiro atoms. The van der Waals surface area contributed by atoms with Crippen LogP contribution in [0.1, 0.15) is 29.3 Å². The number of aromatic nitrogens is 5. The van der Waals surface area contributed by atoms with Crippen molar-refractivity contribution in [3.8, 4) is 0 Å². The number of rotatable bonds is 5. The van der Waals surface area contributed by atoms with E-state index in [0.717, 1.165) is 31.7 Å². The van der Waals surface area contributed by atoms with Crippen LogP contribution in [-0.4, -0.2) is 42.9 Å². The van der Waals surface area contributed by atoms with Gasteiger partial charge in [0.15, 0.2) is 0 Å². The van der Waals surface area contributed by atoms with Crippen LogP contribution < -0.4 is 5.32 Å². The van der Waals surface area contributed by atoms with E-state index in [1.807, 2.05) is 17.9 Å². The third-order valence-electron chi connectivity index (χ3n) is 4.28. The molecule has 25 heavy (non-hydrogen) atoms. The number of thiazole rings is 1. The fourth-order valence-corrected chi connectivity index (χ4v) is 3.73. The zero-order chi connectivity index (χ0) is 16.9. The molecule has 1 fully saturated rings. The van der Waals surface area contributed by atoms with Crippen molar-refractivity contribution in [3.05, 3.63) is 53.3 Å². The van der Waals surface area contributed by atoms with Crippen molar-refractivity contribution >= 4 is 23.0 Å². The Morgan fingerprint density at radius 3 is 2.76 bits per heavy atom. The average molecular weight is 353 g/mol. The molecule has 1 atom stereocenters. The first-order valence-corrected chi connectivity index (χ1v) is 9.19. The summed E-state index contributed by atoms with van der Waals surface area (Å²) in [5.74, 6) is 1.78. The fraction of sp³-hybridized carbons (Fsp3) is 0.353. The summed E-state index contributed by atoms with van der Waals surface area (Å²) in [6, 6.07) is 0. The maximum absolute atomic E-state index is 4.62. The van der Waals surface area contributed by atoms with Crippen LogP contribution in [0.5, 0.6) is 0 Å². The third-order valence-corrected chi connectivity index (χ3v) is 5.04. The Bertz CT molecular complexity index is 777. The van der Waals surface area contributed by atoms with Crippen molar-refractivity contribution in [3.63, 3.8) is 0 Å². The molecule has 128 valence electrons. The zero-order valence-corrected chi connectivity index (χ0v) is 14.6. The van der Waals surface area contributed by atoms with E-state index in [-0.39, 0.29) is 0 Å². The van der Waals surface area contributed by atoms with Gasteiger partial charge in [-0.3, -0.25) is 19.9 Å². The molecule has 0 bridgehead atoms. The van der Waals surface area contributed by atoms with Gasteiger partial charge in [-0.05, 0) is 19.4 Å². The predicted octanol–water partition coefficient (Wildman–Crippen LogP) is 2.85. The van der Waals surface area contributed by atoms with Gasteiger partial charge in [-0.1, -0.05) is 0 Å². The van der Waals surface area contributed by atoms with Gasteiger partial charge in [0.2, 0.25) is 0 Å². The molecule has 3 aromatic heterocycles. The lowest BCUT2D eigenvalue weighted by Gasteiger charge is -2.31. The molecule has 0 amide bonds. The van der Waals surface area contributed by atoms with Crippen molar-refractivity contribution < 1.29 is 0 Å². The minimum Gasteiger partial charge on any atom is -0.322 e. The Morgan fingerprint density at radius 1 is 1.04 bits per heavy atom. The van der Waals surface area contributed by atoms with Crippen LogP contribution in [0.3, 0.4) is 0 Å². The smallest absolute Gasteiger partial charge is 0.150 e. The van der Waals surface area contributed by atoms with Gasteiger partial charge in [0, 0.05) is 42.5 Å². The van der Waals surface area contributed by atoms with Crippen molar-refractivity contribution in [1.82, 2.24) is 29.8 Å². The quantitative estimate of drug-likeness (QED) is 0.755. The van der Waals surface area contributed by atoms with Crippen LogP contribution in [-0.2, 0) is 6.54 Å². The summed E-state index contributed by atoms with van der Waals surface area (Å²) < 4.78 is 0. The lowest BCUT2D eigenvalue weighted by Crippen LogP contribution is -2.34. The van der Waals surface area contributed by atoms with Crippen molar-refractivity contribution in [2.24, 2.45) is 0 Å². The summed E-state index contributed by atoms with van der Waals surface area (Å²) in [5.41, 5.74) is 2.95. The number of piperidine rings is 1. The average Bonchev–Trinajstić information content (AvgIpc) is 3.16. The Labute approximate surface area is 150 Å². The number of likely N-dealkylation sites (tertiary alicyclic amines) is 1. The summed E-state index contributed by atoms with van der Waals surface area (Å²) in [6.45, 7) is 3.12. The molecule has 1 aliphatic heterocycles. The number of hydrogen-bond donors (Lipinski definition) is 1. The number of hydrogen-bond acceptors (Lipinski definition) is 8. The molecule has 4 heterocycles. The second-order valence-corrected chi connectivity index (χ2v) is 7.06. The highest BCUT2D eigenvalue weighted by Crippen LogP contribution is 2.27. The lowest BCUT2D eigenvalue weighted by atomic mass is 9.95. The molecule has 1 aliphatic rings. The van der Waals surface area contributed by atoms with Crippen LogP contribution in [0, 0.1) is 0 Å². The van der Waals surface area contributed by atoms with E-state index in [1.165, 1.54) is 11.3 Å². The topological polar surface area (TPSA) is 79.7 Å². The molecule has 8 heteroatoms.